The Morgan fingerprint density at radius 3 is 2.28 bits per heavy atom. The van der Waals surface area contributed by atoms with Gasteiger partial charge in [0.15, 0.2) is 5.54 Å². The zero-order chi connectivity index (χ0) is 36.5. The summed E-state index contributed by atoms with van der Waals surface area (Å²) in [5, 5.41) is 14.8. The number of carbonyl (C=O) groups excluding carboxylic acids is 1. The molecule has 1 amide bonds. The Morgan fingerprint density at radius 1 is 0.940 bits per heavy atom. The van der Waals surface area contributed by atoms with Gasteiger partial charge in [-0.1, -0.05) is 45.1 Å². The van der Waals surface area contributed by atoms with E-state index in [0.29, 0.717) is 30.4 Å². The SMILES string of the molecule is CCN1c2cc3c(cc2C(C)CC1(C)C)C(c1ccccc1C(=O)N(C)CCCC(=O)O)=c1cc2c(cc1[Si]3(C)C)=[N+](CC)C(C)(C)CC2C. The van der Waals surface area contributed by atoms with Gasteiger partial charge < -0.3 is 14.9 Å². The standard InChI is InChI=1S/C43H57N3O3Si/c1-12-45-35-23-37-33(21-31(35)27(3)25-42(45,5)6)40(29-17-14-15-18-30(29)41(49)44(9)20-16-19-39(47)48)34-22-32-28(4)26-43(7,8)46(13-2)36(32)24-38(34)50(37,10)11/h14-15,17-18,21-24,27-28H,12-13,16,19-20,25-26H2,1-11H3/p+1. The highest BCUT2D eigenvalue weighted by Gasteiger charge is 2.44. The number of rotatable bonds is 8. The van der Waals surface area contributed by atoms with Gasteiger partial charge in [0.25, 0.3) is 5.91 Å². The maximum absolute atomic E-state index is 14.3. The Kier molecular flexibility index (Phi) is 9.24. The Balaban J connectivity index is 1.72. The number of hydrogen-bond donors (Lipinski definition) is 1. The quantitative estimate of drug-likeness (QED) is 0.236. The molecule has 0 fully saturated rings. The average Bonchev–Trinajstić information content (AvgIpc) is 3.03. The Hall–Kier alpha value is -3.71. The van der Waals surface area contributed by atoms with E-state index in [-0.39, 0.29) is 23.4 Å². The van der Waals surface area contributed by atoms with Crippen LogP contribution in [0.1, 0.15) is 126 Å². The zero-order valence-electron chi connectivity index (χ0n) is 32.3. The van der Waals surface area contributed by atoms with Gasteiger partial charge in [0.1, 0.15) is 14.6 Å². The number of nitrogens with zero attached hydrogens (tertiary/aromatic N) is 3. The molecule has 266 valence electrons. The average molecular weight is 693 g/mol. The molecule has 0 aliphatic carbocycles. The van der Waals surface area contributed by atoms with Crippen LogP contribution in [0.25, 0.3) is 5.57 Å². The molecule has 7 heteroatoms. The van der Waals surface area contributed by atoms with Crippen LogP contribution >= 0.6 is 0 Å². The van der Waals surface area contributed by atoms with Crippen LogP contribution < -0.4 is 30.4 Å². The van der Waals surface area contributed by atoms with Gasteiger partial charge in [-0.2, -0.15) is 0 Å². The van der Waals surface area contributed by atoms with Gasteiger partial charge in [0, 0.05) is 61.4 Å². The lowest BCUT2D eigenvalue weighted by molar-refractivity contribution is -0.137. The number of carboxylic acids is 1. The molecule has 3 aromatic rings. The lowest BCUT2D eigenvalue weighted by Gasteiger charge is -2.48. The minimum atomic E-state index is -2.27. The third-order valence-electron chi connectivity index (χ3n) is 12.2. The predicted octanol–water partition coefficient (Wildman–Crippen LogP) is 5.92. The fourth-order valence-corrected chi connectivity index (χ4v) is 13.0. The summed E-state index contributed by atoms with van der Waals surface area (Å²) in [6, 6.07) is 18.2. The summed E-state index contributed by atoms with van der Waals surface area (Å²) in [4.78, 5) is 29.8. The van der Waals surface area contributed by atoms with E-state index in [4.69, 9.17) is 0 Å². The van der Waals surface area contributed by atoms with Gasteiger partial charge in [-0.3, -0.25) is 9.59 Å². The minimum Gasteiger partial charge on any atom is -0.481 e. The van der Waals surface area contributed by atoms with E-state index in [1.807, 2.05) is 12.1 Å². The Morgan fingerprint density at radius 2 is 1.62 bits per heavy atom. The molecule has 3 aromatic carbocycles. The summed E-state index contributed by atoms with van der Waals surface area (Å²) in [6.07, 6.45) is 2.64. The molecule has 3 aliphatic heterocycles. The van der Waals surface area contributed by atoms with E-state index < -0.39 is 14.0 Å². The number of benzene rings is 3. The molecular formula is C43H58N3O3Si+. The predicted molar refractivity (Wildman–Crippen MR) is 210 cm³/mol. The van der Waals surface area contributed by atoms with Crippen molar-refractivity contribution in [2.75, 3.05) is 31.6 Å². The summed E-state index contributed by atoms with van der Waals surface area (Å²) < 4.78 is 2.61. The fraction of sp³-hybridized carbons (Fsp3) is 0.512. The van der Waals surface area contributed by atoms with Crippen LogP contribution in [0.15, 0.2) is 48.5 Å². The first-order valence-electron chi connectivity index (χ1n) is 18.8. The number of carboxylic acid groups (broad SMARTS) is 1. The fourth-order valence-electron chi connectivity index (χ4n) is 9.95. The summed E-state index contributed by atoms with van der Waals surface area (Å²) >= 11 is 0. The van der Waals surface area contributed by atoms with Gasteiger partial charge in [-0.25, -0.2) is 4.58 Å². The summed E-state index contributed by atoms with van der Waals surface area (Å²) in [6.45, 7) is 26.2. The van der Waals surface area contributed by atoms with Crippen molar-refractivity contribution in [3.8, 4) is 0 Å². The molecule has 6 nitrogen and oxygen atoms in total. The Bertz CT molecular complexity index is 2010. The molecule has 0 aromatic heterocycles. The molecule has 0 saturated heterocycles. The van der Waals surface area contributed by atoms with Crippen LogP contribution in [0.3, 0.4) is 0 Å². The van der Waals surface area contributed by atoms with Crippen LogP contribution in [0.4, 0.5) is 5.69 Å². The molecule has 2 unspecified atom stereocenters. The smallest absolute Gasteiger partial charge is 0.303 e. The second-order valence-electron chi connectivity index (χ2n) is 17.0. The van der Waals surface area contributed by atoms with Crippen molar-refractivity contribution < 1.29 is 14.7 Å². The molecule has 50 heavy (non-hydrogen) atoms. The first-order valence-corrected chi connectivity index (χ1v) is 21.8. The molecule has 0 radical (unpaired) electrons. The molecule has 6 rings (SSSR count). The van der Waals surface area contributed by atoms with Crippen LogP contribution in [-0.4, -0.2) is 67.7 Å². The third-order valence-corrected chi connectivity index (χ3v) is 15.7. The lowest BCUT2D eigenvalue weighted by atomic mass is 9.78. The lowest BCUT2D eigenvalue weighted by Crippen LogP contribution is -2.65. The highest BCUT2D eigenvalue weighted by atomic mass is 28.3. The summed E-state index contributed by atoms with van der Waals surface area (Å²) in [5.74, 6) is -0.100. The highest BCUT2D eigenvalue weighted by molar-refractivity contribution is 7.01. The maximum atomic E-state index is 14.3. The van der Waals surface area contributed by atoms with Gasteiger partial charge in [0.05, 0.1) is 0 Å². The zero-order valence-corrected chi connectivity index (χ0v) is 33.3. The number of amides is 1. The van der Waals surface area contributed by atoms with Gasteiger partial charge in [-0.05, 0) is 128 Å². The van der Waals surface area contributed by atoms with Crippen LogP contribution in [0.2, 0.25) is 13.1 Å². The number of anilines is 1. The van der Waals surface area contributed by atoms with Gasteiger partial charge in [0.2, 0.25) is 5.36 Å². The highest BCUT2D eigenvalue weighted by Crippen LogP contribution is 2.45. The summed E-state index contributed by atoms with van der Waals surface area (Å²) in [5.41, 5.74) is 8.36. The molecular weight excluding hydrogens is 635 g/mol. The van der Waals surface area contributed by atoms with E-state index in [2.05, 4.69) is 114 Å². The van der Waals surface area contributed by atoms with Crippen molar-refractivity contribution in [2.24, 2.45) is 0 Å². The first kappa shape index (κ1) is 36.1. The van der Waals surface area contributed by atoms with Crippen LogP contribution in [0.5, 0.6) is 0 Å². The minimum absolute atomic E-state index is 0.0425. The second-order valence-corrected chi connectivity index (χ2v) is 21.3. The molecule has 0 spiro atoms. The van der Waals surface area contributed by atoms with E-state index in [9.17, 15) is 14.7 Å². The Labute approximate surface area is 300 Å². The molecule has 1 N–H and O–H groups in total. The molecule has 0 saturated carbocycles. The number of aliphatic carboxylic acids is 1. The van der Waals surface area contributed by atoms with E-state index in [1.54, 1.807) is 11.9 Å². The van der Waals surface area contributed by atoms with Crippen LogP contribution in [0, 0.1) is 0 Å². The summed E-state index contributed by atoms with van der Waals surface area (Å²) in [7, 11) is -0.472. The molecule has 3 aliphatic rings. The van der Waals surface area contributed by atoms with Crippen molar-refractivity contribution in [1.82, 2.24) is 9.48 Å². The molecule has 0 bridgehead atoms. The number of carbonyl (C=O) groups is 2. The largest absolute Gasteiger partial charge is 0.481 e. The number of hydrogen-bond acceptors (Lipinski definition) is 3. The van der Waals surface area contributed by atoms with Crippen LogP contribution in [-0.2, 0) is 4.79 Å². The van der Waals surface area contributed by atoms with Crippen molar-refractivity contribution in [3.05, 3.63) is 86.9 Å². The van der Waals surface area contributed by atoms with E-state index >= 15 is 0 Å². The first-order chi connectivity index (χ1) is 23.4. The topological polar surface area (TPSA) is 63.9 Å². The maximum Gasteiger partial charge on any atom is 0.303 e. The van der Waals surface area contributed by atoms with Crippen molar-refractivity contribution in [1.29, 1.82) is 0 Å². The van der Waals surface area contributed by atoms with Gasteiger partial charge in [-0.15, -0.1) is 0 Å². The van der Waals surface area contributed by atoms with Crippen molar-refractivity contribution in [3.63, 3.8) is 0 Å². The van der Waals surface area contributed by atoms with E-state index in [0.717, 1.165) is 37.1 Å². The van der Waals surface area contributed by atoms with Gasteiger partial charge >= 0.3 is 5.97 Å². The van der Waals surface area contributed by atoms with Crippen molar-refractivity contribution >= 4 is 41.6 Å². The molecule has 2 atom stereocenters. The number of fused-ring (bicyclic) bond motifs is 4. The van der Waals surface area contributed by atoms with E-state index in [1.165, 1.54) is 43.3 Å². The monoisotopic (exact) mass is 692 g/mol. The van der Waals surface area contributed by atoms with Crippen molar-refractivity contribution in [2.45, 2.75) is 117 Å². The second kappa shape index (κ2) is 12.8. The normalized spacial score (nSPS) is 21.1. The third kappa shape index (κ3) is 5.83. The molecule has 3 heterocycles.